The number of hydrogen-bond donors (Lipinski definition) is 2. The second-order valence-corrected chi connectivity index (χ2v) is 7.44. The average Bonchev–Trinajstić information content (AvgIpc) is 3.02. The van der Waals surface area contributed by atoms with Gasteiger partial charge in [-0.15, -0.1) is 0 Å². The lowest BCUT2D eigenvalue weighted by Gasteiger charge is -2.07. The fourth-order valence-electron chi connectivity index (χ4n) is 2.45. The molecule has 28 heavy (non-hydrogen) atoms. The maximum absolute atomic E-state index is 11.9. The summed E-state index contributed by atoms with van der Waals surface area (Å²) in [5.41, 5.74) is 2.27. The number of anilines is 3. The van der Waals surface area contributed by atoms with Crippen molar-refractivity contribution in [2.24, 2.45) is 5.92 Å². The highest BCUT2D eigenvalue weighted by molar-refractivity contribution is 7.19. The molecule has 2 heterocycles. The molecule has 3 rings (SSSR count). The number of pyridine rings is 1. The van der Waals surface area contributed by atoms with Gasteiger partial charge < -0.3 is 10.6 Å². The summed E-state index contributed by atoms with van der Waals surface area (Å²) >= 11 is 1.39. The minimum Gasteiger partial charge on any atom is -0.340 e. The Bertz CT molecular complexity index is 1030. The molecule has 0 aliphatic carbocycles. The number of non-ortho nitro benzene ring substituents is 1. The van der Waals surface area contributed by atoms with Gasteiger partial charge in [0.15, 0.2) is 5.13 Å². The normalized spacial score (nSPS) is 10.7. The number of nitro benzene ring substituents is 1. The summed E-state index contributed by atoms with van der Waals surface area (Å²) < 4.78 is 0. The zero-order chi connectivity index (χ0) is 20.3. The second kappa shape index (κ2) is 8.13. The van der Waals surface area contributed by atoms with E-state index in [1.165, 1.54) is 23.5 Å². The molecule has 8 nitrogen and oxygen atoms in total. The quantitative estimate of drug-likeness (QED) is 0.458. The Balaban J connectivity index is 1.84. The van der Waals surface area contributed by atoms with Crippen LogP contribution in [-0.2, 0) is 4.79 Å². The van der Waals surface area contributed by atoms with Gasteiger partial charge in [0.25, 0.3) is 5.69 Å². The summed E-state index contributed by atoms with van der Waals surface area (Å²) in [7, 11) is 0. The first-order chi connectivity index (χ1) is 13.3. The van der Waals surface area contributed by atoms with Crippen LogP contribution >= 0.6 is 11.3 Å². The van der Waals surface area contributed by atoms with Gasteiger partial charge in [-0.1, -0.05) is 31.3 Å². The van der Waals surface area contributed by atoms with Crippen LogP contribution < -0.4 is 10.6 Å². The fraction of sp³-hybridized carbons (Fsp3) is 0.211. The Kier molecular flexibility index (Phi) is 5.65. The molecule has 1 amide bonds. The van der Waals surface area contributed by atoms with E-state index in [0.717, 1.165) is 16.1 Å². The zero-order valence-corrected chi connectivity index (χ0v) is 16.4. The van der Waals surface area contributed by atoms with Crippen molar-refractivity contribution in [3.05, 3.63) is 58.4 Å². The Morgan fingerprint density at radius 2 is 2.04 bits per heavy atom. The van der Waals surface area contributed by atoms with Crippen LogP contribution in [0, 0.1) is 23.0 Å². The second-order valence-electron chi connectivity index (χ2n) is 6.44. The molecule has 2 N–H and O–H groups in total. The number of carbonyl (C=O) groups is 1. The average molecular weight is 397 g/mol. The monoisotopic (exact) mass is 397 g/mol. The molecule has 144 valence electrons. The van der Waals surface area contributed by atoms with Crippen molar-refractivity contribution in [3.63, 3.8) is 0 Å². The molecule has 2 aromatic heterocycles. The molecule has 0 aliphatic rings. The molecule has 0 radical (unpaired) electrons. The molecule has 0 saturated carbocycles. The third-order valence-corrected chi connectivity index (χ3v) is 5.02. The van der Waals surface area contributed by atoms with Gasteiger partial charge in [0.05, 0.1) is 15.5 Å². The summed E-state index contributed by atoms with van der Waals surface area (Å²) in [6.45, 7) is 5.53. The number of nitro groups is 1. The molecular formula is C19H19N5O3S. The molecule has 0 aliphatic heterocycles. The first-order valence-electron chi connectivity index (χ1n) is 8.59. The largest absolute Gasteiger partial charge is 0.340 e. The lowest BCUT2D eigenvalue weighted by Crippen LogP contribution is -2.17. The van der Waals surface area contributed by atoms with E-state index in [-0.39, 0.29) is 17.5 Å². The molecule has 0 bridgehead atoms. The van der Waals surface area contributed by atoms with Crippen molar-refractivity contribution in [3.8, 4) is 10.4 Å². The number of aromatic nitrogens is 2. The molecule has 0 spiro atoms. The van der Waals surface area contributed by atoms with Crippen molar-refractivity contribution in [1.82, 2.24) is 9.97 Å². The molecule has 0 fully saturated rings. The molecule has 9 heteroatoms. The van der Waals surface area contributed by atoms with Crippen LogP contribution in [-0.4, -0.2) is 20.8 Å². The number of hydrogen-bond acceptors (Lipinski definition) is 7. The minimum absolute atomic E-state index is 0.00462. The highest BCUT2D eigenvalue weighted by Crippen LogP contribution is 2.34. The lowest BCUT2D eigenvalue weighted by molar-refractivity contribution is -0.384. The highest BCUT2D eigenvalue weighted by atomic mass is 32.1. The van der Waals surface area contributed by atoms with Gasteiger partial charge >= 0.3 is 0 Å². The van der Waals surface area contributed by atoms with Crippen LogP contribution in [0.3, 0.4) is 0 Å². The van der Waals surface area contributed by atoms with Crippen LogP contribution in [0.5, 0.6) is 0 Å². The number of carbonyl (C=O) groups excluding carboxylic acids is 1. The maximum Gasteiger partial charge on any atom is 0.271 e. The fourth-order valence-corrected chi connectivity index (χ4v) is 3.42. The highest BCUT2D eigenvalue weighted by Gasteiger charge is 2.14. The standard InChI is InChI=1S/C19H19N5O3S/c1-11(2)18(25)23-19-21-12(3)17(28-19)13-7-8-20-16(9-13)22-14-5-4-6-15(10-14)24(26)27/h4-11H,1-3H3,(H,20,22)(H,21,23,25). The number of nitrogens with one attached hydrogen (secondary N) is 2. The minimum atomic E-state index is -0.442. The van der Waals surface area contributed by atoms with E-state index in [4.69, 9.17) is 0 Å². The summed E-state index contributed by atoms with van der Waals surface area (Å²) in [4.78, 5) is 32.0. The van der Waals surface area contributed by atoms with Gasteiger partial charge in [-0.05, 0) is 30.7 Å². The van der Waals surface area contributed by atoms with Gasteiger partial charge in [0.2, 0.25) is 5.91 Å². The van der Waals surface area contributed by atoms with Crippen molar-refractivity contribution in [2.45, 2.75) is 20.8 Å². The first-order valence-corrected chi connectivity index (χ1v) is 9.41. The maximum atomic E-state index is 11.9. The Morgan fingerprint density at radius 1 is 1.25 bits per heavy atom. The van der Waals surface area contributed by atoms with Crippen LogP contribution in [0.25, 0.3) is 10.4 Å². The van der Waals surface area contributed by atoms with E-state index in [1.807, 2.05) is 32.9 Å². The molecule has 3 aromatic rings. The van der Waals surface area contributed by atoms with Gasteiger partial charge in [-0.2, -0.15) is 0 Å². The number of rotatable bonds is 6. The Morgan fingerprint density at radius 3 is 2.75 bits per heavy atom. The SMILES string of the molecule is Cc1nc(NC(=O)C(C)C)sc1-c1ccnc(Nc2cccc([N+](=O)[O-])c2)c1. The van der Waals surface area contributed by atoms with Crippen LogP contribution in [0.4, 0.5) is 22.3 Å². The van der Waals surface area contributed by atoms with Gasteiger partial charge in [0.1, 0.15) is 5.82 Å². The summed E-state index contributed by atoms with van der Waals surface area (Å²) in [6.07, 6.45) is 1.65. The van der Waals surface area contributed by atoms with E-state index >= 15 is 0 Å². The first kappa shape index (κ1) is 19.4. The number of amides is 1. The van der Waals surface area contributed by atoms with E-state index in [2.05, 4.69) is 20.6 Å². The van der Waals surface area contributed by atoms with E-state index < -0.39 is 4.92 Å². The van der Waals surface area contributed by atoms with Crippen molar-refractivity contribution >= 4 is 39.6 Å². The van der Waals surface area contributed by atoms with E-state index in [1.54, 1.807) is 18.3 Å². The van der Waals surface area contributed by atoms with Crippen LogP contribution in [0.2, 0.25) is 0 Å². The van der Waals surface area contributed by atoms with Gasteiger partial charge in [-0.25, -0.2) is 9.97 Å². The van der Waals surface area contributed by atoms with Crippen molar-refractivity contribution in [2.75, 3.05) is 10.6 Å². The van der Waals surface area contributed by atoms with Crippen LogP contribution in [0.15, 0.2) is 42.6 Å². The number of nitrogens with zero attached hydrogens (tertiary/aromatic N) is 3. The third-order valence-electron chi connectivity index (χ3n) is 3.90. The topological polar surface area (TPSA) is 110 Å². The lowest BCUT2D eigenvalue weighted by atomic mass is 10.2. The Labute approximate surface area is 165 Å². The van der Waals surface area contributed by atoms with E-state index in [9.17, 15) is 14.9 Å². The van der Waals surface area contributed by atoms with Crippen molar-refractivity contribution < 1.29 is 9.72 Å². The van der Waals surface area contributed by atoms with Gasteiger partial charge in [-0.3, -0.25) is 14.9 Å². The van der Waals surface area contributed by atoms with Gasteiger partial charge in [0, 0.05) is 29.9 Å². The molecule has 0 saturated heterocycles. The molecule has 1 aromatic carbocycles. The molecular weight excluding hydrogens is 378 g/mol. The van der Waals surface area contributed by atoms with Crippen LogP contribution in [0.1, 0.15) is 19.5 Å². The smallest absolute Gasteiger partial charge is 0.271 e. The number of benzene rings is 1. The summed E-state index contributed by atoms with van der Waals surface area (Å²) in [5, 5.41) is 17.4. The summed E-state index contributed by atoms with van der Waals surface area (Å²) in [6, 6.07) is 9.93. The number of aryl methyl sites for hydroxylation is 1. The zero-order valence-electron chi connectivity index (χ0n) is 15.6. The predicted molar refractivity (Wildman–Crippen MR) is 110 cm³/mol. The summed E-state index contributed by atoms with van der Waals surface area (Å²) in [5.74, 6) is 0.348. The molecule has 0 unspecified atom stereocenters. The molecule has 0 atom stereocenters. The van der Waals surface area contributed by atoms with Crippen molar-refractivity contribution in [1.29, 1.82) is 0 Å². The number of thiazole rings is 1. The predicted octanol–water partition coefficient (Wildman–Crippen LogP) is 4.76. The van der Waals surface area contributed by atoms with E-state index in [0.29, 0.717) is 16.6 Å². The Hall–Kier alpha value is -3.33. The third kappa shape index (κ3) is 4.49.